The first-order chi connectivity index (χ1) is 5.65. The van der Waals surface area contributed by atoms with Crippen LogP contribution in [0.5, 0.6) is 5.75 Å². The van der Waals surface area contributed by atoms with E-state index < -0.39 is 0 Å². The maximum Gasteiger partial charge on any atom is 0.123 e. The Kier molecular flexibility index (Phi) is 5.14. The van der Waals surface area contributed by atoms with Crippen molar-refractivity contribution in [3.05, 3.63) is 28.8 Å². The van der Waals surface area contributed by atoms with Gasteiger partial charge in [0, 0.05) is 16.6 Å². The molecule has 0 spiro atoms. The SMILES string of the molecule is COc1ccc(Cl)cc1C(C)N.Cl. The number of benzene rings is 1. The van der Waals surface area contributed by atoms with Crippen LogP contribution in [0.3, 0.4) is 0 Å². The second-order valence-electron chi connectivity index (χ2n) is 2.67. The van der Waals surface area contributed by atoms with Crippen molar-refractivity contribution < 1.29 is 4.74 Å². The van der Waals surface area contributed by atoms with E-state index in [4.69, 9.17) is 22.1 Å². The van der Waals surface area contributed by atoms with Crippen LogP contribution in [0.2, 0.25) is 5.02 Å². The minimum atomic E-state index is -0.0568. The number of halogens is 2. The molecule has 0 aliphatic heterocycles. The van der Waals surface area contributed by atoms with Gasteiger partial charge >= 0.3 is 0 Å². The molecule has 74 valence electrons. The Labute approximate surface area is 89.4 Å². The molecule has 2 N–H and O–H groups in total. The maximum atomic E-state index is 5.81. The van der Waals surface area contributed by atoms with Crippen molar-refractivity contribution in [2.75, 3.05) is 7.11 Å². The van der Waals surface area contributed by atoms with Gasteiger partial charge in [-0.2, -0.15) is 0 Å². The molecule has 2 nitrogen and oxygen atoms in total. The first-order valence-electron chi connectivity index (χ1n) is 3.74. The number of methoxy groups -OCH3 is 1. The van der Waals surface area contributed by atoms with Crippen LogP contribution in [-0.4, -0.2) is 7.11 Å². The Balaban J connectivity index is 0.00000144. The third kappa shape index (κ3) is 3.07. The van der Waals surface area contributed by atoms with Crippen molar-refractivity contribution in [1.82, 2.24) is 0 Å². The predicted octanol–water partition coefficient (Wildman–Crippen LogP) is 2.79. The summed E-state index contributed by atoms with van der Waals surface area (Å²) in [4.78, 5) is 0. The number of nitrogens with two attached hydrogens (primary N) is 1. The van der Waals surface area contributed by atoms with Crippen LogP contribution in [0.4, 0.5) is 0 Å². The Hall–Kier alpha value is -0.440. The van der Waals surface area contributed by atoms with Gasteiger partial charge in [-0.15, -0.1) is 12.4 Å². The number of hydrogen-bond donors (Lipinski definition) is 1. The van der Waals surface area contributed by atoms with Crippen molar-refractivity contribution in [3.8, 4) is 5.75 Å². The van der Waals surface area contributed by atoms with E-state index in [2.05, 4.69) is 0 Å². The quantitative estimate of drug-likeness (QED) is 0.834. The van der Waals surface area contributed by atoms with Gasteiger partial charge in [-0.05, 0) is 25.1 Å². The second kappa shape index (κ2) is 5.32. The molecule has 1 atom stereocenters. The summed E-state index contributed by atoms with van der Waals surface area (Å²) >= 11 is 5.81. The Morgan fingerprint density at radius 3 is 2.54 bits per heavy atom. The molecule has 4 heteroatoms. The van der Waals surface area contributed by atoms with E-state index in [1.165, 1.54) is 0 Å². The number of rotatable bonds is 2. The van der Waals surface area contributed by atoms with Crippen LogP contribution in [-0.2, 0) is 0 Å². The molecule has 0 saturated carbocycles. The highest BCUT2D eigenvalue weighted by Crippen LogP contribution is 2.26. The van der Waals surface area contributed by atoms with Crippen LogP contribution in [0.1, 0.15) is 18.5 Å². The van der Waals surface area contributed by atoms with E-state index in [0.29, 0.717) is 5.02 Å². The summed E-state index contributed by atoms with van der Waals surface area (Å²) in [5.74, 6) is 0.786. The van der Waals surface area contributed by atoms with Crippen LogP contribution >= 0.6 is 24.0 Å². The van der Waals surface area contributed by atoms with Gasteiger partial charge in [0.25, 0.3) is 0 Å². The van der Waals surface area contributed by atoms with E-state index >= 15 is 0 Å². The minimum absolute atomic E-state index is 0. The average molecular weight is 222 g/mol. The van der Waals surface area contributed by atoms with Gasteiger partial charge in [0.1, 0.15) is 5.75 Å². The average Bonchev–Trinajstić information content (AvgIpc) is 2.04. The summed E-state index contributed by atoms with van der Waals surface area (Å²) < 4.78 is 5.12. The van der Waals surface area contributed by atoms with Crippen LogP contribution in [0, 0.1) is 0 Å². The Morgan fingerprint density at radius 2 is 2.08 bits per heavy atom. The number of hydrogen-bond acceptors (Lipinski definition) is 2. The molecule has 0 saturated heterocycles. The summed E-state index contributed by atoms with van der Waals surface area (Å²) in [5.41, 5.74) is 6.66. The van der Waals surface area contributed by atoms with E-state index in [-0.39, 0.29) is 18.4 Å². The molecule has 0 fully saturated rings. The standard InChI is InChI=1S/C9H12ClNO.ClH/c1-6(11)8-5-7(10)3-4-9(8)12-2;/h3-6H,11H2,1-2H3;1H. The van der Waals surface area contributed by atoms with Crippen LogP contribution in [0.25, 0.3) is 0 Å². The molecule has 1 unspecified atom stereocenters. The lowest BCUT2D eigenvalue weighted by Gasteiger charge is -2.11. The third-order valence-corrected chi connectivity index (χ3v) is 1.92. The molecular formula is C9H13Cl2NO. The van der Waals surface area contributed by atoms with Crippen molar-refractivity contribution in [2.24, 2.45) is 5.73 Å². The molecule has 0 aliphatic carbocycles. The highest BCUT2D eigenvalue weighted by Gasteiger charge is 2.07. The molecule has 0 heterocycles. The van der Waals surface area contributed by atoms with E-state index in [1.54, 1.807) is 13.2 Å². The fourth-order valence-electron chi connectivity index (χ4n) is 1.06. The lowest BCUT2D eigenvalue weighted by molar-refractivity contribution is 0.407. The molecule has 0 radical (unpaired) electrons. The van der Waals surface area contributed by atoms with Crippen LogP contribution in [0.15, 0.2) is 18.2 Å². The van der Waals surface area contributed by atoms with Gasteiger partial charge < -0.3 is 10.5 Å². The van der Waals surface area contributed by atoms with Crippen molar-refractivity contribution in [3.63, 3.8) is 0 Å². The molecule has 0 bridgehead atoms. The molecule has 0 aliphatic rings. The zero-order valence-corrected chi connectivity index (χ0v) is 9.15. The molecule has 13 heavy (non-hydrogen) atoms. The van der Waals surface area contributed by atoms with Crippen LogP contribution < -0.4 is 10.5 Å². The minimum Gasteiger partial charge on any atom is -0.496 e. The third-order valence-electron chi connectivity index (χ3n) is 1.68. The normalized spacial score (nSPS) is 11.7. The molecule has 0 aromatic heterocycles. The van der Waals surface area contributed by atoms with E-state index in [0.717, 1.165) is 11.3 Å². The lowest BCUT2D eigenvalue weighted by Crippen LogP contribution is -2.06. The Bertz CT molecular complexity index is 276. The summed E-state index contributed by atoms with van der Waals surface area (Å²) in [6.45, 7) is 1.90. The Morgan fingerprint density at radius 1 is 1.46 bits per heavy atom. The van der Waals surface area contributed by atoms with Gasteiger partial charge in [0.15, 0.2) is 0 Å². The molecule has 1 aromatic rings. The summed E-state index contributed by atoms with van der Waals surface area (Å²) in [7, 11) is 1.62. The fourth-order valence-corrected chi connectivity index (χ4v) is 1.24. The largest absolute Gasteiger partial charge is 0.496 e. The van der Waals surface area contributed by atoms with Gasteiger partial charge in [-0.1, -0.05) is 11.6 Å². The molecule has 0 amide bonds. The maximum absolute atomic E-state index is 5.81. The molecule has 1 aromatic carbocycles. The highest BCUT2D eigenvalue weighted by atomic mass is 35.5. The monoisotopic (exact) mass is 221 g/mol. The van der Waals surface area contributed by atoms with Gasteiger partial charge in [-0.3, -0.25) is 0 Å². The zero-order chi connectivity index (χ0) is 9.14. The summed E-state index contributed by atoms with van der Waals surface area (Å²) in [6.07, 6.45) is 0. The van der Waals surface area contributed by atoms with E-state index in [9.17, 15) is 0 Å². The topological polar surface area (TPSA) is 35.2 Å². The second-order valence-corrected chi connectivity index (χ2v) is 3.11. The number of ether oxygens (including phenoxy) is 1. The van der Waals surface area contributed by atoms with Gasteiger partial charge in [-0.25, -0.2) is 0 Å². The molecule has 1 rings (SSSR count). The highest BCUT2D eigenvalue weighted by molar-refractivity contribution is 6.30. The first-order valence-corrected chi connectivity index (χ1v) is 4.12. The smallest absolute Gasteiger partial charge is 0.123 e. The van der Waals surface area contributed by atoms with Crippen molar-refractivity contribution in [1.29, 1.82) is 0 Å². The predicted molar refractivity (Wildman–Crippen MR) is 57.9 cm³/mol. The summed E-state index contributed by atoms with van der Waals surface area (Å²) in [6, 6.07) is 5.37. The summed E-state index contributed by atoms with van der Waals surface area (Å²) in [5, 5.41) is 0.683. The van der Waals surface area contributed by atoms with Gasteiger partial charge in [0.2, 0.25) is 0 Å². The first kappa shape index (κ1) is 12.6. The zero-order valence-electron chi connectivity index (χ0n) is 7.58. The van der Waals surface area contributed by atoms with Crippen molar-refractivity contribution >= 4 is 24.0 Å². The van der Waals surface area contributed by atoms with Crippen molar-refractivity contribution in [2.45, 2.75) is 13.0 Å². The van der Waals surface area contributed by atoms with Gasteiger partial charge in [0.05, 0.1) is 7.11 Å². The van der Waals surface area contributed by atoms with E-state index in [1.807, 2.05) is 19.1 Å². The lowest BCUT2D eigenvalue weighted by atomic mass is 10.1. The fraction of sp³-hybridized carbons (Fsp3) is 0.333. The molecular weight excluding hydrogens is 209 g/mol.